The smallest absolute Gasteiger partial charge is 0.231 e. The highest BCUT2D eigenvalue weighted by Gasteiger charge is 2.43. The third kappa shape index (κ3) is 4.43. The van der Waals surface area contributed by atoms with Crippen LogP contribution in [0.25, 0.3) is 0 Å². The monoisotopic (exact) mass is 303 g/mol. The Labute approximate surface area is 121 Å². The summed E-state index contributed by atoms with van der Waals surface area (Å²) in [4.78, 5) is 13.0. The van der Waals surface area contributed by atoms with E-state index >= 15 is 0 Å². The number of nitrogens with zero attached hydrogens (tertiary/aromatic N) is 1. The molecule has 2 fully saturated rings. The van der Waals surface area contributed by atoms with Crippen LogP contribution in [-0.4, -0.2) is 50.7 Å². The molecule has 1 saturated carbocycles. The molecule has 1 aliphatic carbocycles. The fourth-order valence-electron chi connectivity index (χ4n) is 3.01. The van der Waals surface area contributed by atoms with Gasteiger partial charge in [0.05, 0.1) is 12.3 Å². The van der Waals surface area contributed by atoms with Gasteiger partial charge in [0.25, 0.3) is 0 Å². The van der Waals surface area contributed by atoms with E-state index in [2.05, 4.69) is 4.72 Å². The zero-order valence-corrected chi connectivity index (χ0v) is 12.9. The number of hydrogen-bond acceptors (Lipinski definition) is 4. The molecule has 0 aromatic rings. The lowest BCUT2D eigenvalue weighted by Gasteiger charge is -2.19. The molecule has 1 heterocycles. The Kier molecular flexibility index (Phi) is 5.04. The largest absolute Gasteiger partial charge is 0.369 e. The van der Waals surface area contributed by atoms with Gasteiger partial charge in [-0.05, 0) is 31.1 Å². The van der Waals surface area contributed by atoms with Crippen LogP contribution < -0.4 is 10.5 Å². The number of likely N-dealkylation sites (tertiary alicyclic amines) is 1. The molecule has 0 aromatic heterocycles. The maximum absolute atomic E-state index is 12.0. The second kappa shape index (κ2) is 6.41. The van der Waals surface area contributed by atoms with E-state index in [-0.39, 0.29) is 24.2 Å². The molecule has 0 aromatic carbocycles. The fraction of sp³-hybridized carbons (Fsp3) is 0.923. The van der Waals surface area contributed by atoms with Crippen molar-refractivity contribution in [2.45, 2.75) is 38.6 Å². The molecule has 6 nitrogen and oxygen atoms in total. The Morgan fingerprint density at radius 1 is 1.35 bits per heavy atom. The van der Waals surface area contributed by atoms with Gasteiger partial charge in [0.15, 0.2) is 0 Å². The molecule has 0 spiro atoms. The lowest BCUT2D eigenvalue weighted by atomic mass is 9.99. The second-order valence-electron chi connectivity index (χ2n) is 6.06. The Bertz CT molecular complexity index is 448. The number of nitrogens with two attached hydrogens (primary N) is 1. The third-order valence-corrected chi connectivity index (χ3v) is 5.63. The number of primary amides is 1. The van der Waals surface area contributed by atoms with Gasteiger partial charge < -0.3 is 5.73 Å². The summed E-state index contributed by atoms with van der Waals surface area (Å²) < 4.78 is 26.9. The van der Waals surface area contributed by atoms with Crippen molar-refractivity contribution in [3.63, 3.8) is 0 Å². The zero-order chi connectivity index (χ0) is 14.8. The summed E-state index contributed by atoms with van der Waals surface area (Å²) in [5.41, 5.74) is 5.23. The van der Waals surface area contributed by atoms with E-state index in [0.29, 0.717) is 24.8 Å². The molecule has 1 saturated heterocycles. The van der Waals surface area contributed by atoms with Gasteiger partial charge in [0.2, 0.25) is 15.9 Å². The molecule has 116 valence electrons. The third-order valence-electron chi connectivity index (χ3n) is 4.15. The van der Waals surface area contributed by atoms with Crippen molar-refractivity contribution < 1.29 is 13.2 Å². The highest BCUT2D eigenvalue weighted by molar-refractivity contribution is 7.89. The first-order chi connectivity index (χ1) is 9.41. The van der Waals surface area contributed by atoms with Gasteiger partial charge >= 0.3 is 0 Å². The van der Waals surface area contributed by atoms with E-state index in [1.54, 1.807) is 0 Å². The predicted octanol–water partition coefficient (Wildman–Crippen LogP) is -0.0984. The average Bonchev–Trinajstić information content (AvgIpc) is 3.10. The van der Waals surface area contributed by atoms with E-state index in [1.165, 1.54) is 12.8 Å². The minimum Gasteiger partial charge on any atom is -0.369 e. The topological polar surface area (TPSA) is 92.5 Å². The number of hydrogen-bond donors (Lipinski definition) is 2. The Morgan fingerprint density at radius 3 is 2.60 bits per heavy atom. The summed E-state index contributed by atoms with van der Waals surface area (Å²) in [7, 11) is -3.21. The van der Waals surface area contributed by atoms with Crippen LogP contribution in [0.4, 0.5) is 0 Å². The van der Waals surface area contributed by atoms with Gasteiger partial charge in [-0.15, -0.1) is 0 Å². The number of carbonyl (C=O) groups excluding carboxylic acids is 1. The molecule has 20 heavy (non-hydrogen) atoms. The van der Waals surface area contributed by atoms with Crippen LogP contribution in [-0.2, 0) is 14.8 Å². The first kappa shape index (κ1) is 15.7. The highest BCUT2D eigenvalue weighted by atomic mass is 32.2. The van der Waals surface area contributed by atoms with E-state index < -0.39 is 10.0 Å². The number of sulfonamides is 1. The van der Waals surface area contributed by atoms with Crippen molar-refractivity contribution in [2.24, 2.45) is 17.6 Å². The molecular weight excluding hydrogens is 278 g/mol. The highest BCUT2D eigenvalue weighted by Crippen LogP contribution is 2.41. The van der Waals surface area contributed by atoms with Crippen molar-refractivity contribution in [3.05, 3.63) is 0 Å². The molecular formula is C13H25N3O3S. The average molecular weight is 303 g/mol. The van der Waals surface area contributed by atoms with Crippen LogP contribution in [0, 0.1) is 11.8 Å². The molecule has 0 bridgehead atoms. The number of amides is 1. The van der Waals surface area contributed by atoms with Crippen molar-refractivity contribution in [2.75, 3.05) is 25.4 Å². The number of carbonyl (C=O) groups is 1. The van der Waals surface area contributed by atoms with E-state index in [1.807, 2.05) is 11.8 Å². The summed E-state index contributed by atoms with van der Waals surface area (Å²) >= 11 is 0. The van der Waals surface area contributed by atoms with Crippen molar-refractivity contribution in [3.8, 4) is 0 Å². The molecule has 2 aliphatic rings. The molecule has 1 amide bonds. The molecule has 2 atom stereocenters. The first-order valence-corrected chi connectivity index (χ1v) is 9.07. The molecule has 7 heteroatoms. The maximum atomic E-state index is 12.0. The fourth-order valence-corrected chi connectivity index (χ4v) is 4.51. The second-order valence-corrected chi connectivity index (χ2v) is 7.93. The Hall–Kier alpha value is -0.660. The van der Waals surface area contributed by atoms with Crippen LogP contribution >= 0.6 is 0 Å². The van der Waals surface area contributed by atoms with Crippen molar-refractivity contribution >= 4 is 15.9 Å². The van der Waals surface area contributed by atoms with Crippen LogP contribution in [0.5, 0.6) is 0 Å². The molecule has 3 N–H and O–H groups in total. The molecule has 0 unspecified atom stereocenters. The van der Waals surface area contributed by atoms with Crippen LogP contribution in [0.1, 0.15) is 32.6 Å². The number of nitrogens with one attached hydrogen (secondary N) is 1. The molecule has 1 aliphatic heterocycles. The maximum Gasteiger partial charge on any atom is 0.231 e. The normalized spacial score (nSPS) is 27.9. The zero-order valence-electron chi connectivity index (χ0n) is 12.0. The van der Waals surface area contributed by atoms with E-state index in [9.17, 15) is 13.2 Å². The van der Waals surface area contributed by atoms with Crippen molar-refractivity contribution in [1.82, 2.24) is 9.62 Å². The summed E-state index contributed by atoms with van der Waals surface area (Å²) in [6.45, 7) is 3.56. The number of unbranched alkanes of at least 4 members (excludes halogenated alkanes) is 1. The minimum absolute atomic E-state index is 0.0660. The Balaban J connectivity index is 1.95. The quantitative estimate of drug-likeness (QED) is 0.655. The standard InChI is InChI=1S/C13H25N3O3S/c1-2-3-6-20(18,19)15-12-8-16(9-13(14)17)7-11(12)10-4-5-10/h10-12,15H,2-9H2,1H3,(H2,14,17)/t11-,12+/m1/s1. The summed E-state index contributed by atoms with van der Waals surface area (Å²) in [5, 5.41) is 0. The van der Waals surface area contributed by atoms with E-state index in [4.69, 9.17) is 5.73 Å². The van der Waals surface area contributed by atoms with Gasteiger partial charge in [0, 0.05) is 19.1 Å². The summed E-state index contributed by atoms with van der Waals surface area (Å²) in [5.74, 6) is 0.763. The lowest BCUT2D eigenvalue weighted by Crippen LogP contribution is -2.42. The van der Waals surface area contributed by atoms with Gasteiger partial charge in [-0.25, -0.2) is 13.1 Å². The van der Waals surface area contributed by atoms with Crippen molar-refractivity contribution in [1.29, 1.82) is 0 Å². The molecule has 2 rings (SSSR count). The van der Waals surface area contributed by atoms with Gasteiger partial charge in [-0.3, -0.25) is 9.69 Å². The first-order valence-electron chi connectivity index (χ1n) is 7.42. The van der Waals surface area contributed by atoms with Gasteiger partial charge in [-0.2, -0.15) is 0 Å². The lowest BCUT2D eigenvalue weighted by molar-refractivity contribution is -0.118. The Morgan fingerprint density at radius 2 is 2.05 bits per heavy atom. The summed E-state index contributed by atoms with van der Waals surface area (Å²) in [6.07, 6.45) is 3.89. The summed E-state index contributed by atoms with van der Waals surface area (Å²) in [6, 6.07) is -0.0660. The number of rotatable bonds is 8. The minimum atomic E-state index is -3.21. The van der Waals surface area contributed by atoms with E-state index in [0.717, 1.165) is 13.0 Å². The van der Waals surface area contributed by atoms with Crippen LogP contribution in [0.2, 0.25) is 0 Å². The van der Waals surface area contributed by atoms with Gasteiger partial charge in [0.1, 0.15) is 0 Å². The predicted molar refractivity (Wildman–Crippen MR) is 77.5 cm³/mol. The van der Waals surface area contributed by atoms with Crippen LogP contribution in [0.15, 0.2) is 0 Å². The molecule has 0 radical (unpaired) electrons. The van der Waals surface area contributed by atoms with Crippen LogP contribution in [0.3, 0.4) is 0 Å². The van der Waals surface area contributed by atoms with Gasteiger partial charge in [-0.1, -0.05) is 13.3 Å². The SMILES string of the molecule is CCCCS(=O)(=O)N[C@H]1CN(CC(N)=O)C[C@@H]1C1CC1.